The second kappa shape index (κ2) is 23.3. The molecule has 0 aromatic carbocycles. The van der Waals surface area contributed by atoms with Crippen molar-refractivity contribution in [3.05, 3.63) is 0 Å². The fourth-order valence-electron chi connectivity index (χ4n) is 0.451. The zero-order valence-corrected chi connectivity index (χ0v) is 25.7. The summed E-state index contributed by atoms with van der Waals surface area (Å²) in [6.07, 6.45) is 1.68. The molecule has 0 rings (SSSR count). The Kier molecular flexibility index (Phi) is 30.2. The Morgan fingerprint density at radius 3 is 0.938 bits per heavy atom. The lowest BCUT2D eigenvalue weighted by Gasteiger charge is -2.09. The van der Waals surface area contributed by atoms with Crippen molar-refractivity contribution in [1.29, 1.82) is 0 Å². The van der Waals surface area contributed by atoms with Gasteiger partial charge in [-0.25, -0.2) is 0 Å². The zero-order chi connectivity index (χ0) is 27.4. The fourth-order valence-corrected chi connectivity index (χ4v) is 0.451. The maximum atomic E-state index is 10.8. The van der Waals surface area contributed by atoms with Crippen molar-refractivity contribution in [3.63, 3.8) is 0 Å². The third-order valence-corrected chi connectivity index (χ3v) is 6.09. The minimum absolute atomic E-state index is 0.104. The number of rotatable bonds is 5. The first-order chi connectivity index (χ1) is 14.0. The van der Waals surface area contributed by atoms with E-state index in [-0.39, 0.29) is 34.8 Å². The van der Waals surface area contributed by atoms with Gasteiger partial charge < -0.3 is 5.32 Å². The molecule has 1 amide bonds. The van der Waals surface area contributed by atoms with Crippen LogP contribution in [0.3, 0.4) is 0 Å². The van der Waals surface area contributed by atoms with E-state index in [1.807, 2.05) is 55.4 Å². The minimum Gasteiger partial charge on any atom is -0.354 e. The molecule has 1 atom stereocenters. The first-order valence-electron chi connectivity index (χ1n) is 12.1. The predicted octanol–water partition coefficient (Wildman–Crippen LogP) is 7.10. The highest BCUT2D eigenvalue weighted by molar-refractivity contribution is 8.00. The van der Waals surface area contributed by atoms with Gasteiger partial charge in [0, 0.05) is 29.4 Å². The topological polar surface area (TPSA) is 63.2 Å². The Hall–Kier alpha value is -0.840. The quantitative estimate of drug-likeness (QED) is 0.428. The average Bonchev–Trinajstić information content (AvgIpc) is 2.54. The maximum absolute atomic E-state index is 10.8. The molecule has 1 N–H and O–H groups in total. The lowest BCUT2D eigenvalue weighted by Crippen LogP contribution is -2.33. The second-order valence-electron chi connectivity index (χ2n) is 10.9. The number of nitrogens with one attached hydrogen (secondary N) is 1. The highest BCUT2D eigenvalue weighted by Crippen LogP contribution is 2.05. The number of carbonyl (C=O) groups excluding carboxylic acids is 2. The van der Waals surface area contributed by atoms with Gasteiger partial charge in [-0.05, 0) is 53.9 Å². The van der Waals surface area contributed by atoms with Crippen LogP contribution in [0.4, 0.5) is 0 Å². The number of hydrogen-bond acceptors (Lipinski definition) is 3. The van der Waals surface area contributed by atoms with Crippen molar-refractivity contribution < 1.29 is 13.8 Å². The summed E-state index contributed by atoms with van der Waals surface area (Å²) in [5.74, 6) is 6.74. The van der Waals surface area contributed by atoms with Crippen LogP contribution in [0.1, 0.15) is 111 Å². The van der Waals surface area contributed by atoms with E-state index < -0.39 is 9.52 Å². The van der Waals surface area contributed by atoms with Crippen molar-refractivity contribution in [2.45, 2.75) is 122 Å². The van der Waals surface area contributed by atoms with Crippen molar-refractivity contribution in [3.8, 4) is 0 Å². The van der Waals surface area contributed by atoms with Gasteiger partial charge >= 0.3 is 0 Å². The lowest BCUT2D eigenvalue weighted by atomic mass is 10.0. The molecule has 32 heavy (non-hydrogen) atoms. The molecule has 0 aliphatic heterocycles. The molecule has 0 radical (unpaired) electrons. The maximum Gasteiger partial charge on any atom is 0.222 e. The first-order valence-corrected chi connectivity index (χ1v) is 14.3. The van der Waals surface area contributed by atoms with Gasteiger partial charge in [0.1, 0.15) is 5.78 Å². The summed E-state index contributed by atoms with van der Waals surface area (Å²) in [6, 6.07) is 0.264. The fraction of sp³-hybridized carbons (Fsp3) is 0.889. The molecule has 0 fully saturated rings. The molecule has 0 saturated carbocycles. The van der Waals surface area contributed by atoms with Crippen LogP contribution < -0.4 is 5.32 Å². The van der Waals surface area contributed by atoms with E-state index >= 15 is 0 Å². The van der Waals surface area contributed by atoms with E-state index in [0.717, 1.165) is 17.8 Å². The third kappa shape index (κ3) is 51.6. The molecule has 5 heteroatoms. The number of carbonyl (C=O) groups is 2. The van der Waals surface area contributed by atoms with Gasteiger partial charge in [0.05, 0.1) is 0 Å². The van der Waals surface area contributed by atoms with E-state index in [2.05, 4.69) is 59.7 Å². The molecule has 0 aromatic heterocycles. The van der Waals surface area contributed by atoms with Crippen LogP contribution in [0.5, 0.6) is 0 Å². The molecule has 0 bridgehead atoms. The van der Waals surface area contributed by atoms with Crippen LogP contribution in [0.15, 0.2) is 0 Å². The molecule has 4 nitrogen and oxygen atoms in total. The first kappa shape index (κ1) is 41.4. The molecular weight excluding hydrogens is 418 g/mol. The van der Waals surface area contributed by atoms with Crippen molar-refractivity contribution in [1.82, 2.24) is 5.32 Å². The predicted molar refractivity (Wildman–Crippen MR) is 150 cm³/mol. The molecule has 0 spiro atoms. The third-order valence-electron chi connectivity index (χ3n) is 4.10. The Bertz CT molecular complexity index is 520. The number of hydrogen-bond donors (Lipinski definition) is 1. The summed E-state index contributed by atoms with van der Waals surface area (Å²) in [7, 11) is -1.74. The summed E-state index contributed by atoms with van der Waals surface area (Å²) in [6.45, 7) is 32.4. The van der Waals surface area contributed by atoms with Crippen LogP contribution in [0.25, 0.3) is 0 Å². The molecule has 1 unspecified atom stereocenters. The SMILES string of the molecule is C=S(C)(=O)C(C)C.CC(=O)C(C)C.CC(C)C.CC(C)C(C)C.CC(C)NC(=O)C(C)C. The largest absolute Gasteiger partial charge is 0.354 e. The van der Waals surface area contributed by atoms with Crippen LogP contribution >= 0.6 is 0 Å². The summed E-state index contributed by atoms with van der Waals surface area (Å²) >= 11 is 0. The van der Waals surface area contributed by atoms with Crippen LogP contribution in [0, 0.1) is 29.6 Å². The average molecular weight is 480 g/mol. The normalized spacial score (nSPS) is 12.1. The van der Waals surface area contributed by atoms with Crippen molar-refractivity contribution >= 4 is 27.1 Å². The molecule has 0 aromatic rings. The Labute approximate surface area is 204 Å². The summed E-state index contributed by atoms with van der Waals surface area (Å²) in [4.78, 5) is 21.0. The zero-order valence-electron chi connectivity index (χ0n) is 24.9. The Morgan fingerprint density at radius 1 is 0.688 bits per heavy atom. The molecule has 198 valence electrons. The second-order valence-corrected chi connectivity index (χ2v) is 14.0. The molecular formula is C27H61NO3S. The van der Waals surface area contributed by atoms with Gasteiger partial charge in [-0.3, -0.25) is 13.8 Å². The number of amides is 1. The van der Waals surface area contributed by atoms with Gasteiger partial charge in [-0.15, -0.1) is 0 Å². The number of Topliss-reactive ketones (excluding diaryl/α,β-unsaturated/α-hetero) is 1. The standard InChI is InChI=1S/C7H15NO.C6H14.C5H12OS.C5H10O.C4H10/c1-5(2)7(9)8-6(3)4;1-5(2)6(3)4;1-5(2)7(3,4)6;1-4(2)5(3)6;1-4(2)3/h5-6H,1-4H3,(H,8,9);5-6H,1-4H3;5H,3H2,1-2,4H3;4H,1-3H3;4H,1-3H3. The minimum atomic E-state index is -1.74. The molecule has 0 saturated heterocycles. The molecule has 0 heterocycles. The number of ketones is 1. The van der Waals surface area contributed by atoms with Gasteiger partial charge in [0.2, 0.25) is 5.91 Å². The highest BCUT2D eigenvalue weighted by Gasteiger charge is 2.06. The lowest BCUT2D eigenvalue weighted by molar-refractivity contribution is -0.124. The highest BCUT2D eigenvalue weighted by atomic mass is 32.2. The van der Waals surface area contributed by atoms with E-state index in [1.54, 1.807) is 13.2 Å². The smallest absolute Gasteiger partial charge is 0.222 e. The summed E-state index contributed by atoms with van der Waals surface area (Å²) < 4.78 is 10.8. The van der Waals surface area contributed by atoms with Crippen molar-refractivity contribution in [2.24, 2.45) is 29.6 Å². The molecule has 0 aliphatic carbocycles. The summed E-state index contributed by atoms with van der Waals surface area (Å²) in [5, 5.41) is 3.02. The van der Waals surface area contributed by atoms with E-state index in [1.165, 1.54) is 0 Å². The Morgan fingerprint density at radius 2 is 0.906 bits per heavy atom. The van der Waals surface area contributed by atoms with Crippen LogP contribution in [-0.4, -0.2) is 39.3 Å². The molecule has 0 aliphatic rings. The Balaban J connectivity index is -0.0000000972. The van der Waals surface area contributed by atoms with Gasteiger partial charge in [-0.2, -0.15) is 0 Å². The summed E-state index contributed by atoms with van der Waals surface area (Å²) in [5.41, 5.74) is 0. The van der Waals surface area contributed by atoms with Crippen LogP contribution in [0.2, 0.25) is 0 Å². The van der Waals surface area contributed by atoms with Crippen molar-refractivity contribution in [2.75, 3.05) is 6.26 Å². The van der Waals surface area contributed by atoms with E-state index in [4.69, 9.17) is 0 Å². The van der Waals surface area contributed by atoms with Gasteiger partial charge in [0.15, 0.2) is 0 Å². The van der Waals surface area contributed by atoms with Gasteiger partial charge in [0.25, 0.3) is 0 Å². The van der Waals surface area contributed by atoms with E-state index in [0.29, 0.717) is 0 Å². The van der Waals surface area contributed by atoms with Gasteiger partial charge in [-0.1, -0.05) is 90.0 Å². The van der Waals surface area contributed by atoms with Crippen LogP contribution in [-0.2, 0) is 19.1 Å². The monoisotopic (exact) mass is 479 g/mol. The van der Waals surface area contributed by atoms with E-state index in [9.17, 15) is 13.8 Å².